The molecule has 0 aliphatic heterocycles. The van der Waals surface area contributed by atoms with Crippen molar-refractivity contribution in [1.82, 2.24) is 15.6 Å². The molecule has 3 N–H and O–H groups in total. The average Bonchev–Trinajstić information content (AvgIpc) is 3.42. The molecular formula is C23H21N3O3. The molecule has 0 spiro atoms. The van der Waals surface area contributed by atoms with Crippen molar-refractivity contribution in [2.24, 2.45) is 0 Å². The Bertz CT molecular complexity index is 1110. The van der Waals surface area contributed by atoms with E-state index in [1.165, 1.54) is 10.9 Å². The van der Waals surface area contributed by atoms with E-state index in [2.05, 4.69) is 21.7 Å². The molecule has 0 atom stereocenters. The second kappa shape index (κ2) is 8.48. The summed E-state index contributed by atoms with van der Waals surface area (Å²) in [5.74, 6) is 0.310. The molecule has 0 unspecified atom stereocenters. The van der Waals surface area contributed by atoms with Gasteiger partial charge in [-0.05, 0) is 54.4 Å². The first-order valence-electron chi connectivity index (χ1n) is 9.44. The zero-order valence-corrected chi connectivity index (χ0v) is 15.8. The molecule has 6 nitrogen and oxygen atoms in total. The number of hydrogen-bond donors (Lipinski definition) is 3. The van der Waals surface area contributed by atoms with Crippen LogP contribution in [0, 0.1) is 0 Å². The lowest BCUT2D eigenvalue weighted by Crippen LogP contribution is -2.26. The summed E-state index contributed by atoms with van der Waals surface area (Å²) in [4.78, 5) is 27.8. The second-order valence-electron chi connectivity index (χ2n) is 6.70. The Morgan fingerprint density at radius 3 is 2.31 bits per heavy atom. The topological polar surface area (TPSA) is 87.1 Å². The third-order valence-corrected chi connectivity index (χ3v) is 4.77. The Morgan fingerprint density at radius 2 is 1.59 bits per heavy atom. The normalized spacial score (nSPS) is 10.8. The number of hydrogen-bond acceptors (Lipinski definition) is 3. The van der Waals surface area contributed by atoms with Gasteiger partial charge in [0.2, 0.25) is 0 Å². The molecule has 2 heterocycles. The van der Waals surface area contributed by atoms with Crippen LogP contribution < -0.4 is 10.6 Å². The number of aromatic nitrogens is 1. The summed E-state index contributed by atoms with van der Waals surface area (Å²) in [6.45, 7) is 0.855. The van der Waals surface area contributed by atoms with Crippen LogP contribution in [0.4, 0.5) is 0 Å². The molecule has 2 aromatic carbocycles. The lowest BCUT2D eigenvalue weighted by molar-refractivity contribution is 0.0939. The van der Waals surface area contributed by atoms with E-state index in [0.717, 1.165) is 11.9 Å². The van der Waals surface area contributed by atoms with Gasteiger partial charge in [-0.1, -0.05) is 18.2 Å². The van der Waals surface area contributed by atoms with Crippen LogP contribution in [-0.4, -0.2) is 23.3 Å². The molecule has 4 rings (SSSR count). The maximum absolute atomic E-state index is 12.4. The standard InChI is InChI=1S/C23H21N3O3/c27-22(24-12-11-18-14-25-21-6-2-1-5-20(18)21)16-7-9-17(10-8-16)23(28)26-15-19-4-3-13-29-19/h1-10,13-14,25H,11-12,15H2,(H,24,27)(H,26,28). The van der Waals surface area contributed by atoms with Crippen molar-refractivity contribution in [1.29, 1.82) is 0 Å². The van der Waals surface area contributed by atoms with Crippen LogP contribution in [0.5, 0.6) is 0 Å². The molecule has 2 amide bonds. The summed E-state index contributed by atoms with van der Waals surface area (Å²) in [5.41, 5.74) is 3.28. The average molecular weight is 387 g/mol. The third-order valence-electron chi connectivity index (χ3n) is 4.77. The molecule has 0 fully saturated rings. The Hall–Kier alpha value is -3.80. The van der Waals surface area contributed by atoms with Gasteiger partial charge in [0.05, 0.1) is 12.8 Å². The molecular weight excluding hydrogens is 366 g/mol. The fourth-order valence-corrected chi connectivity index (χ4v) is 3.21. The molecule has 0 saturated heterocycles. The third kappa shape index (κ3) is 4.38. The van der Waals surface area contributed by atoms with E-state index in [1.54, 1.807) is 42.7 Å². The highest BCUT2D eigenvalue weighted by molar-refractivity contribution is 5.97. The number of nitrogens with one attached hydrogen (secondary N) is 3. The Kier molecular flexibility index (Phi) is 5.42. The number of carbonyl (C=O) groups is 2. The van der Waals surface area contributed by atoms with E-state index >= 15 is 0 Å². The van der Waals surface area contributed by atoms with Gasteiger partial charge in [0.15, 0.2) is 0 Å². The van der Waals surface area contributed by atoms with Crippen molar-refractivity contribution in [3.8, 4) is 0 Å². The molecule has 0 bridgehead atoms. The van der Waals surface area contributed by atoms with E-state index in [-0.39, 0.29) is 11.8 Å². The highest BCUT2D eigenvalue weighted by Gasteiger charge is 2.10. The SMILES string of the molecule is O=C(NCCc1c[nH]c2ccccc12)c1ccc(C(=O)NCc2ccco2)cc1. The summed E-state index contributed by atoms with van der Waals surface area (Å²) >= 11 is 0. The fourth-order valence-electron chi connectivity index (χ4n) is 3.21. The second-order valence-corrected chi connectivity index (χ2v) is 6.70. The van der Waals surface area contributed by atoms with Crippen LogP contribution in [0.3, 0.4) is 0 Å². The van der Waals surface area contributed by atoms with Crippen molar-refractivity contribution in [2.75, 3.05) is 6.54 Å². The first kappa shape index (κ1) is 18.6. The van der Waals surface area contributed by atoms with Crippen LogP contribution in [-0.2, 0) is 13.0 Å². The number of benzene rings is 2. The van der Waals surface area contributed by atoms with Gasteiger partial charge < -0.3 is 20.0 Å². The van der Waals surface area contributed by atoms with Gasteiger partial charge in [0.1, 0.15) is 5.76 Å². The predicted octanol–water partition coefficient (Wildman–Crippen LogP) is 3.66. The minimum absolute atomic E-state index is 0.160. The predicted molar refractivity (Wildman–Crippen MR) is 111 cm³/mol. The Morgan fingerprint density at radius 1 is 0.862 bits per heavy atom. The maximum atomic E-state index is 12.4. The lowest BCUT2D eigenvalue weighted by atomic mass is 10.1. The van der Waals surface area contributed by atoms with Gasteiger partial charge in [-0.25, -0.2) is 0 Å². The molecule has 6 heteroatoms. The van der Waals surface area contributed by atoms with E-state index in [9.17, 15) is 9.59 Å². The lowest BCUT2D eigenvalue weighted by Gasteiger charge is -2.07. The van der Waals surface area contributed by atoms with Gasteiger partial charge in [0.25, 0.3) is 11.8 Å². The molecule has 0 saturated carbocycles. The van der Waals surface area contributed by atoms with Crippen LogP contribution >= 0.6 is 0 Å². The minimum Gasteiger partial charge on any atom is -0.467 e. The largest absolute Gasteiger partial charge is 0.467 e. The van der Waals surface area contributed by atoms with E-state index < -0.39 is 0 Å². The zero-order valence-electron chi connectivity index (χ0n) is 15.8. The van der Waals surface area contributed by atoms with Crippen molar-refractivity contribution >= 4 is 22.7 Å². The summed E-state index contributed by atoms with van der Waals surface area (Å²) < 4.78 is 5.19. The molecule has 2 aromatic heterocycles. The maximum Gasteiger partial charge on any atom is 0.251 e. The van der Waals surface area contributed by atoms with E-state index in [4.69, 9.17) is 4.42 Å². The smallest absolute Gasteiger partial charge is 0.251 e. The van der Waals surface area contributed by atoms with Crippen molar-refractivity contribution < 1.29 is 14.0 Å². The fraction of sp³-hybridized carbons (Fsp3) is 0.130. The van der Waals surface area contributed by atoms with Gasteiger partial charge in [0, 0.05) is 34.8 Å². The van der Waals surface area contributed by atoms with Crippen LogP contribution in [0.25, 0.3) is 10.9 Å². The number of para-hydroxylation sites is 1. The summed E-state index contributed by atoms with van der Waals surface area (Å²) in [6.07, 6.45) is 4.28. The molecule has 0 radical (unpaired) electrons. The number of rotatable bonds is 7. The highest BCUT2D eigenvalue weighted by atomic mass is 16.3. The van der Waals surface area contributed by atoms with Crippen molar-refractivity contribution in [3.63, 3.8) is 0 Å². The molecule has 29 heavy (non-hydrogen) atoms. The molecule has 0 aliphatic carbocycles. The Balaban J connectivity index is 1.29. The number of aromatic amines is 1. The first-order valence-corrected chi connectivity index (χ1v) is 9.44. The number of fused-ring (bicyclic) bond motifs is 1. The van der Waals surface area contributed by atoms with E-state index in [0.29, 0.717) is 30.0 Å². The highest BCUT2D eigenvalue weighted by Crippen LogP contribution is 2.17. The van der Waals surface area contributed by atoms with E-state index in [1.807, 2.05) is 24.4 Å². The van der Waals surface area contributed by atoms with Crippen molar-refractivity contribution in [2.45, 2.75) is 13.0 Å². The Labute approximate surface area is 167 Å². The quantitative estimate of drug-likeness (QED) is 0.452. The number of carbonyl (C=O) groups excluding carboxylic acids is 2. The van der Waals surface area contributed by atoms with Gasteiger partial charge in [-0.15, -0.1) is 0 Å². The van der Waals surface area contributed by atoms with Crippen LogP contribution in [0.15, 0.2) is 77.5 Å². The number of amides is 2. The van der Waals surface area contributed by atoms with Gasteiger partial charge in [-0.2, -0.15) is 0 Å². The molecule has 4 aromatic rings. The first-order chi connectivity index (χ1) is 14.2. The molecule has 0 aliphatic rings. The summed E-state index contributed by atoms with van der Waals surface area (Å²) in [7, 11) is 0. The van der Waals surface area contributed by atoms with Crippen LogP contribution in [0.1, 0.15) is 32.0 Å². The van der Waals surface area contributed by atoms with Crippen LogP contribution in [0.2, 0.25) is 0 Å². The van der Waals surface area contributed by atoms with Gasteiger partial charge in [-0.3, -0.25) is 9.59 Å². The van der Waals surface area contributed by atoms with Gasteiger partial charge >= 0.3 is 0 Å². The number of H-pyrrole nitrogens is 1. The summed E-state index contributed by atoms with van der Waals surface area (Å²) in [5, 5.41) is 6.88. The monoisotopic (exact) mass is 387 g/mol. The number of furan rings is 1. The van der Waals surface area contributed by atoms with Crippen molar-refractivity contribution in [3.05, 3.63) is 95.6 Å². The minimum atomic E-state index is -0.215. The molecule has 146 valence electrons. The summed E-state index contributed by atoms with van der Waals surface area (Å²) in [6, 6.07) is 18.3. The zero-order chi connectivity index (χ0) is 20.1.